The van der Waals surface area contributed by atoms with Gasteiger partial charge in [-0.15, -0.1) is 0 Å². The first-order valence-corrected chi connectivity index (χ1v) is 7.94. The van der Waals surface area contributed by atoms with Crippen molar-refractivity contribution in [3.05, 3.63) is 24.2 Å². The van der Waals surface area contributed by atoms with Crippen LogP contribution in [0.15, 0.2) is 18.5 Å². The number of nitrogens with two attached hydrogens (primary N) is 1. The van der Waals surface area contributed by atoms with Crippen molar-refractivity contribution in [2.45, 2.75) is 58.0 Å². The third kappa shape index (κ3) is 2.62. The van der Waals surface area contributed by atoms with Crippen molar-refractivity contribution < 1.29 is 0 Å². The zero-order chi connectivity index (χ0) is 15.0. The molecule has 5 nitrogen and oxygen atoms in total. The fourth-order valence-electron chi connectivity index (χ4n) is 3.20. The number of hydrogen-bond donors (Lipinski definition) is 1. The Bertz CT molecular complexity index is 616. The van der Waals surface area contributed by atoms with Gasteiger partial charge in [0.25, 0.3) is 0 Å². The molecule has 3 heterocycles. The molecule has 1 aliphatic heterocycles. The maximum absolute atomic E-state index is 6.20. The Balaban J connectivity index is 2.06. The molecule has 114 valence electrons. The fraction of sp³-hybridized carbons (Fsp3) is 0.625. The maximum atomic E-state index is 6.20. The molecule has 2 atom stereocenters. The summed E-state index contributed by atoms with van der Waals surface area (Å²) in [5, 5.41) is 4.66. The number of hydrogen-bond acceptors (Lipinski definition) is 4. The number of anilines is 1. The fourth-order valence-corrected chi connectivity index (χ4v) is 3.20. The van der Waals surface area contributed by atoms with Crippen LogP contribution in [0.4, 0.5) is 5.82 Å². The van der Waals surface area contributed by atoms with Gasteiger partial charge in [-0.05, 0) is 38.2 Å². The standard InChI is InChI=1S/C16H25N5/c1-11(2)13-10-15-16(18-7-9-21(15)19-13)20-8-5-4-6-14(20)12(3)17/h7,9-12,14H,4-6,8,17H2,1-3H3. The largest absolute Gasteiger partial charge is 0.350 e. The lowest BCUT2D eigenvalue weighted by Gasteiger charge is -2.39. The third-order valence-electron chi connectivity index (χ3n) is 4.41. The quantitative estimate of drug-likeness (QED) is 0.942. The molecule has 3 rings (SSSR count). The van der Waals surface area contributed by atoms with Gasteiger partial charge in [0.2, 0.25) is 0 Å². The van der Waals surface area contributed by atoms with Crippen molar-refractivity contribution in [1.29, 1.82) is 0 Å². The van der Waals surface area contributed by atoms with Crippen LogP contribution in [0, 0.1) is 0 Å². The van der Waals surface area contributed by atoms with Crippen molar-refractivity contribution >= 4 is 11.3 Å². The summed E-state index contributed by atoms with van der Waals surface area (Å²) in [7, 11) is 0. The van der Waals surface area contributed by atoms with Crippen molar-refractivity contribution in [3.8, 4) is 0 Å². The van der Waals surface area contributed by atoms with Crippen molar-refractivity contribution in [2.75, 3.05) is 11.4 Å². The summed E-state index contributed by atoms with van der Waals surface area (Å²) in [6.45, 7) is 7.46. The van der Waals surface area contributed by atoms with Gasteiger partial charge in [-0.1, -0.05) is 13.8 Å². The smallest absolute Gasteiger partial charge is 0.154 e. The Morgan fingerprint density at radius 3 is 2.81 bits per heavy atom. The van der Waals surface area contributed by atoms with E-state index < -0.39 is 0 Å². The zero-order valence-corrected chi connectivity index (χ0v) is 13.2. The summed E-state index contributed by atoms with van der Waals surface area (Å²) in [4.78, 5) is 7.03. The predicted molar refractivity (Wildman–Crippen MR) is 85.7 cm³/mol. The van der Waals surface area contributed by atoms with Crippen LogP contribution in [0.2, 0.25) is 0 Å². The van der Waals surface area contributed by atoms with E-state index >= 15 is 0 Å². The molecule has 21 heavy (non-hydrogen) atoms. The first-order valence-electron chi connectivity index (χ1n) is 7.94. The number of piperidine rings is 1. The van der Waals surface area contributed by atoms with E-state index in [-0.39, 0.29) is 6.04 Å². The molecule has 2 unspecified atom stereocenters. The molecular formula is C16H25N5. The minimum absolute atomic E-state index is 0.153. The van der Waals surface area contributed by atoms with E-state index in [0.717, 1.165) is 30.0 Å². The lowest BCUT2D eigenvalue weighted by molar-refractivity contribution is 0.411. The van der Waals surface area contributed by atoms with Crippen LogP contribution in [-0.2, 0) is 0 Å². The van der Waals surface area contributed by atoms with Gasteiger partial charge in [-0.25, -0.2) is 9.50 Å². The van der Waals surface area contributed by atoms with E-state index in [1.54, 1.807) is 0 Å². The second-order valence-corrected chi connectivity index (χ2v) is 6.42. The first kappa shape index (κ1) is 14.3. The molecule has 0 bridgehead atoms. The maximum Gasteiger partial charge on any atom is 0.154 e. The second-order valence-electron chi connectivity index (χ2n) is 6.42. The molecule has 2 aromatic rings. The van der Waals surface area contributed by atoms with Gasteiger partial charge in [0.05, 0.1) is 5.69 Å². The van der Waals surface area contributed by atoms with Gasteiger partial charge in [0.15, 0.2) is 5.82 Å². The molecule has 1 aliphatic rings. The van der Waals surface area contributed by atoms with E-state index in [9.17, 15) is 0 Å². The summed E-state index contributed by atoms with van der Waals surface area (Å²) < 4.78 is 1.95. The molecule has 1 saturated heterocycles. The Kier molecular flexibility index (Phi) is 3.85. The van der Waals surface area contributed by atoms with Crippen LogP contribution in [0.25, 0.3) is 5.52 Å². The van der Waals surface area contributed by atoms with E-state index in [1.807, 2.05) is 16.9 Å². The van der Waals surface area contributed by atoms with Crippen LogP contribution < -0.4 is 10.6 Å². The molecule has 0 aromatic carbocycles. The normalized spacial score (nSPS) is 21.2. The number of rotatable bonds is 3. The first-order chi connectivity index (χ1) is 10.1. The van der Waals surface area contributed by atoms with Gasteiger partial charge < -0.3 is 10.6 Å². The zero-order valence-electron chi connectivity index (χ0n) is 13.2. The highest BCUT2D eigenvalue weighted by Gasteiger charge is 2.28. The van der Waals surface area contributed by atoms with Crippen molar-refractivity contribution in [1.82, 2.24) is 14.6 Å². The molecule has 0 saturated carbocycles. The molecule has 2 N–H and O–H groups in total. The van der Waals surface area contributed by atoms with Crippen LogP contribution in [0.3, 0.4) is 0 Å². The van der Waals surface area contributed by atoms with Gasteiger partial charge in [-0.3, -0.25) is 0 Å². The van der Waals surface area contributed by atoms with Crippen LogP contribution in [-0.4, -0.2) is 33.2 Å². The number of fused-ring (bicyclic) bond motifs is 1. The summed E-state index contributed by atoms with van der Waals surface area (Å²) in [5.41, 5.74) is 8.40. The Morgan fingerprint density at radius 1 is 1.29 bits per heavy atom. The predicted octanol–water partition coefficient (Wildman–Crippen LogP) is 2.56. The summed E-state index contributed by atoms with van der Waals surface area (Å²) in [5.74, 6) is 1.45. The summed E-state index contributed by atoms with van der Waals surface area (Å²) >= 11 is 0. The van der Waals surface area contributed by atoms with Gasteiger partial charge >= 0.3 is 0 Å². The molecule has 2 aromatic heterocycles. The average molecular weight is 287 g/mol. The Morgan fingerprint density at radius 2 is 2.10 bits per heavy atom. The average Bonchev–Trinajstić information content (AvgIpc) is 2.91. The van der Waals surface area contributed by atoms with Crippen LogP contribution >= 0.6 is 0 Å². The van der Waals surface area contributed by atoms with E-state index in [4.69, 9.17) is 5.73 Å². The molecular weight excluding hydrogens is 262 g/mol. The van der Waals surface area contributed by atoms with E-state index in [1.165, 1.54) is 12.8 Å². The van der Waals surface area contributed by atoms with Crippen LogP contribution in [0.1, 0.15) is 51.6 Å². The molecule has 1 fully saturated rings. The van der Waals surface area contributed by atoms with Crippen LogP contribution in [0.5, 0.6) is 0 Å². The molecule has 5 heteroatoms. The van der Waals surface area contributed by atoms with Gasteiger partial charge in [-0.2, -0.15) is 5.10 Å². The minimum atomic E-state index is 0.153. The SMILES string of the molecule is CC(C)c1cc2c(N3CCCCC3C(C)N)nccn2n1. The van der Waals surface area contributed by atoms with Crippen molar-refractivity contribution in [2.24, 2.45) is 5.73 Å². The summed E-state index contributed by atoms with van der Waals surface area (Å²) in [6, 6.07) is 2.69. The van der Waals surface area contributed by atoms with E-state index in [2.05, 4.69) is 41.8 Å². The number of aromatic nitrogens is 3. The molecule has 0 radical (unpaired) electrons. The lowest BCUT2D eigenvalue weighted by atomic mass is 9.97. The lowest BCUT2D eigenvalue weighted by Crippen LogP contribution is -2.49. The monoisotopic (exact) mass is 287 g/mol. The number of nitrogens with zero attached hydrogens (tertiary/aromatic N) is 4. The minimum Gasteiger partial charge on any atom is -0.350 e. The molecule has 0 amide bonds. The van der Waals surface area contributed by atoms with Gasteiger partial charge in [0.1, 0.15) is 5.52 Å². The highest BCUT2D eigenvalue weighted by molar-refractivity contribution is 5.70. The van der Waals surface area contributed by atoms with E-state index in [0.29, 0.717) is 12.0 Å². The molecule has 0 spiro atoms. The highest BCUT2D eigenvalue weighted by Crippen LogP contribution is 2.29. The highest BCUT2D eigenvalue weighted by atomic mass is 15.3. The van der Waals surface area contributed by atoms with Crippen molar-refractivity contribution in [3.63, 3.8) is 0 Å². The Hall–Kier alpha value is -1.62. The second kappa shape index (κ2) is 5.64. The summed E-state index contributed by atoms with van der Waals surface area (Å²) in [6.07, 6.45) is 7.37. The topological polar surface area (TPSA) is 59.5 Å². The van der Waals surface area contributed by atoms with Gasteiger partial charge in [0, 0.05) is 31.0 Å². The molecule has 0 aliphatic carbocycles. The third-order valence-corrected chi connectivity index (χ3v) is 4.41. The Labute approximate surface area is 126 Å².